The van der Waals surface area contributed by atoms with E-state index in [-0.39, 0.29) is 23.4 Å². The Morgan fingerprint density at radius 1 is 1.29 bits per heavy atom. The van der Waals surface area contributed by atoms with Gasteiger partial charge in [0.15, 0.2) is 5.17 Å². The molecule has 1 aromatic carbocycles. The SMILES string of the molecule is CC(=O)Nc1ccc(C(C)=NN=C2NC(=O)C(CC(=O)O)S2)cc1. The van der Waals surface area contributed by atoms with Gasteiger partial charge in [0, 0.05) is 12.6 Å². The number of nitrogens with zero attached hydrogens (tertiary/aromatic N) is 2. The second-order valence-corrected chi connectivity index (χ2v) is 6.23. The number of carbonyl (C=O) groups is 3. The summed E-state index contributed by atoms with van der Waals surface area (Å²) in [5, 5.41) is 21.5. The van der Waals surface area contributed by atoms with E-state index >= 15 is 0 Å². The highest BCUT2D eigenvalue weighted by molar-refractivity contribution is 8.15. The maximum atomic E-state index is 11.6. The number of benzene rings is 1. The van der Waals surface area contributed by atoms with E-state index in [0.29, 0.717) is 11.4 Å². The summed E-state index contributed by atoms with van der Waals surface area (Å²) >= 11 is 1.05. The van der Waals surface area contributed by atoms with Crippen LogP contribution in [0.2, 0.25) is 0 Å². The number of hydrogen-bond acceptors (Lipinski definition) is 6. The van der Waals surface area contributed by atoms with Crippen molar-refractivity contribution in [1.82, 2.24) is 5.32 Å². The quantitative estimate of drug-likeness (QED) is 0.549. The fourth-order valence-electron chi connectivity index (χ4n) is 1.92. The smallest absolute Gasteiger partial charge is 0.305 e. The number of aliphatic carboxylic acids is 1. The van der Waals surface area contributed by atoms with Gasteiger partial charge >= 0.3 is 5.97 Å². The molecule has 8 nitrogen and oxygen atoms in total. The zero-order valence-electron chi connectivity index (χ0n) is 13.1. The fraction of sp³-hybridized carbons (Fsp3) is 0.267. The molecule has 1 aliphatic heterocycles. The highest BCUT2D eigenvalue weighted by Gasteiger charge is 2.32. The first-order valence-corrected chi connectivity index (χ1v) is 7.92. The first-order valence-electron chi connectivity index (χ1n) is 7.04. The van der Waals surface area contributed by atoms with Crippen molar-refractivity contribution in [1.29, 1.82) is 0 Å². The molecule has 9 heteroatoms. The first kappa shape index (κ1) is 17.7. The Labute approximate surface area is 142 Å². The third-order valence-electron chi connectivity index (χ3n) is 3.05. The third-order valence-corrected chi connectivity index (χ3v) is 4.12. The van der Waals surface area contributed by atoms with Crippen molar-refractivity contribution in [3.8, 4) is 0 Å². The summed E-state index contributed by atoms with van der Waals surface area (Å²) in [4.78, 5) is 33.2. The van der Waals surface area contributed by atoms with Gasteiger partial charge in [-0.15, -0.1) is 5.10 Å². The Hall–Kier alpha value is -2.68. The largest absolute Gasteiger partial charge is 0.481 e. The minimum Gasteiger partial charge on any atom is -0.481 e. The van der Waals surface area contributed by atoms with Crippen LogP contribution in [-0.2, 0) is 14.4 Å². The Morgan fingerprint density at radius 3 is 2.54 bits per heavy atom. The van der Waals surface area contributed by atoms with Crippen molar-refractivity contribution in [3.05, 3.63) is 29.8 Å². The molecule has 24 heavy (non-hydrogen) atoms. The van der Waals surface area contributed by atoms with Crippen LogP contribution in [0.4, 0.5) is 5.69 Å². The molecule has 0 bridgehead atoms. The average Bonchev–Trinajstić information content (AvgIpc) is 2.84. The van der Waals surface area contributed by atoms with Crippen LogP contribution in [0.1, 0.15) is 25.8 Å². The average molecular weight is 348 g/mol. The number of rotatable bonds is 5. The predicted molar refractivity (Wildman–Crippen MR) is 92.2 cm³/mol. The van der Waals surface area contributed by atoms with Crippen LogP contribution in [0.5, 0.6) is 0 Å². The van der Waals surface area contributed by atoms with E-state index in [2.05, 4.69) is 20.8 Å². The van der Waals surface area contributed by atoms with Gasteiger partial charge in [-0.2, -0.15) is 5.10 Å². The number of amides is 2. The van der Waals surface area contributed by atoms with Crippen molar-refractivity contribution >= 4 is 46.1 Å². The molecular weight excluding hydrogens is 332 g/mol. The molecule has 0 aliphatic carbocycles. The lowest BCUT2D eigenvalue weighted by Crippen LogP contribution is -2.26. The molecule has 1 aliphatic rings. The molecular formula is C15H16N4O4S. The zero-order chi connectivity index (χ0) is 17.7. The lowest BCUT2D eigenvalue weighted by Gasteiger charge is -2.03. The molecule has 0 spiro atoms. The molecule has 1 fully saturated rings. The van der Waals surface area contributed by atoms with Gasteiger partial charge in [0.1, 0.15) is 5.25 Å². The maximum absolute atomic E-state index is 11.6. The van der Waals surface area contributed by atoms with E-state index in [0.717, 1.165) is 17.3 Å². The number of amidine groups is 1. The van der Waals surface area contributed by atoms with Crippen LogP contribution in [-0.4, -0.2) is 39.0 Å². The number of thioether (sulfide) groups is 1. The van der Waals surface area contributed by atoms with Gasteiger partial charge in [-0.3, -0.25) is 14.4 Å². The second kappa shape index (κ2) is 7.73. The summed E-state index contributed by atoms with van der Waals surface area (Å²) in [5.74, 6) is -1.57. The minimum absolute atomic E-state index is 0.149. The van der Waals surface area contributed by atoms with Gasteiger partial charge in [-0.25, -0.2) is 0 Å². The molecule has 2 rings (SSSR count). The molecule has 0 radical (unpaired) electrons. The second-order valence-electron chi connectivity index (χ2n) is 5.04. The van der Waals surface area contributed by atoms with E-state index in [1.807, 2.05) is 0 Å². The van der Waals surface area contributed by atoms with Crippen LogP contribution in [0.3, 0.4) is 0 Å². The Balaban J connectivity index is 2.04. The summed E-state index contributed by atoms with van der Waals surface area (Å²) in [6.07, 6.45) is -0.261. The number of carboxylic acid groups (broad SMARTS) is 1. The summed E-state index contributed by atoms with van der Waals surface area (Å²) in [7, 11) is 0. The molecule has 1 unspecified atom stereocenters. The van der Waals surface area contributed by atoms with Gasteiger partial charge in [0.25, 0.3) is 0 Å². The fourth-order valence-corrected chi connectivity index (χ4v) is 2.83. The van der Waals surface area contributed by atoms with Crippen LogP contribution >= 0.6 is 11.8 Å². The van der Waals surface area contributed by atoms with Crippen LogP contribution < -0.4 is 10.6 Å². The molecule has 2 amide bonds. The molecule has 1 saturated heterocycles. The highest BCUT2D eigenvalue weighted by Crippen LogP contribution is 2.22. The Kier molecular flexibility index (Phi) is 5.69. The van der Waals surface area contributed by atoms with Crippen molar-refractivity contribution in [2.75, 3.05) is 5.32 Å². The number of hydrogen-bond donors (Lipinski definition) is 3. The van der Waals surface area contributed by atoms with Gasteiger partial charge in [-0.1, -0.05) is 23.9 Å². The number of carboxylic acids is 1. The molecule has 3 N–H and O–H groups in total. The molecule has 126 valence electrons. The monoisotopic (exact) mass is 348 g/mol. The van der Waals surface area contributed by atoms with Gasteiger partial charge in [-0.05, 0) is 24.6 Å². The molecule has 0 saturated carbocycles. The summed E-state index contributed by atoms with van der Waals surface area (Å²) in [6.45, 7) is 3.19. The van der Waals surface area contributed by atoms with Crippen molar-refractivity contribution < 1.29 is 19.5 Å². The van der Waals surface area contributed by atoms with Crippen LogP contribution in [0.25, 0.3) is 0 Å². The third kappa shape index (κ3) is 4.92. The number of nitrogens with one attached hydrogen (secondary N) is 2. The zero-order valence-corrected chi connectivity index (χ0v) is 13.9. The predicted octanol–water partition coefficient (Wildman–Crippen LogP) is 1.43. The van der Waals surface area contributed by atoms with E-state index in [4.69, 9.17) is 5.11 Å². The van der Waals surface area contributed by atoms with E-state index in [1.165, 1.54) is 6.92 Å². The van der Waals surface area contributed by atoms with Crippen LogP contribution in [0, 0.1) is 0 Å². The van der Waals surface area contributed by atoms with E-state index < -0.39 is 11.2 Å². The summed E-state index contributed by atoms with van der Waals surface area (Å²) in [6, 6.07) is 7.07. The molecule has 1 aromatic rings. The lowest BCUT2D eigenvalue weighted by atomic mass is 10.1. The van der Waals surface area contributed by atoms with E-state index in [1.54, 1.807) is 31.2 Å². The van der Waals surface area contributed by atoms with Crippen LogP contribution in [0.15, 0.2) is 34.5 Å². The van der Waals surface area contributed by atoms with Crippen molar-refractivity contribution in [3.63, 3.8) is 0 Å². The molecule has 1 atom stereocenters. The Bertz CT molecular complexity index is 727. The number of anilines is 1. The normalized spacial score (nSPS) is 19.2. The summed E-state index contributed by atoms with van der Waals surface area (Å²) in [5.41, 5.74) is 2.11. The highest BCUT2D eigenvalue weighted by atomic mass is 32.2. The van der Waals surface area contributed by atoms with Gasteiger partial charge in [0.2, 0.25) is 11.8 Å². The van der Waals surface area contributed by atoms with E-state index in [9.17, 15) is 14.4 Å². The lowest BCUT2D eigenvalue weighted by molar-refractivity contribution is -0.138. The van der Waals surface area contributed by atoms with Crippen molar-refractivity contribution in [2.24, 2.45) is 10.2 Å². The molecule has 0 aromatic heterocycles. The number of carbonyl (C=O) groups excluding carboxylic acids is 2. The Morgan fingerprint density at radius 2 is 1.96 bits per heavy atom. The standard InChI is InChI=1S/C15H16N4O4S/c1-8(10-3-5-11(6-4-10)16-9(2)20)18-19-15-17-14(23)12(24-15)7-13(21)22/h3-6,12H,7H2,1-2H3,(H,16,20)(H,21,22)(H,17,19,23). The van der Waals surface area contributed by atoms with Gasteiger partial charge in [0.05, 0.1) is 12.1 Å². The van der Waals surface area contributed by atoms with Crippen molar-refractivity contribution in [2.45, 2.75) is 25.5 Å². The first-order chi connectivity index (χ1) is 11.3. The molecule has 1 heterocycles. The summed E-state index contributed by atoms with van der Waals surface area (Å²) < 4.78 is 0. The topological polar surface area (TPSA) is 120 Å². The maximum Gasteiger partial charge on any atom is 0.305 e. The van der Waals surface area contributed by atoms with Gasteiger partial charge < -0.3 is 15.7 Å². The minimum atomic E-state index is -1.04.